The van der Waals surface area contributed by atoms with Gasteiger partial charge >= 0.3 is 0 Å². The molecule has 1 amide bonds. The number of amides is 1. The van der Waals surface area contributed by atoms with Crippen molar-refractivity contribution in [2.45, 2.75) is 0 Å². The SMILES string of the molecule is COc1cccc2sc(N(CCN(C)C)C(=O)c3cccc(Br)c3)nc12.Cl. The lowest BCUT2D eigenvalue weighted by atomic mass is 10.2. The van der Waals surface area contributed by atoms with Crippen molar-refractivity contribution in [1.82, 2.24) is 9.88 Å². The number of ether oxygens (including phenoxy) is 1. The Bertz CT molecular complexity index is 932. The van der Waals surface area contributed by atoms with Crippen molar-refractivity contribution in [1.29, 1.82) is 0 Å². The van der Waals surface area contributed by atoms with E-state index in [4.69, 9.17) is 9.72 Å². The number of halogens is 2. The summed E-state index contributed by atoms with van der Waals surface area (Å²) in [5.41, 5.74) is 1.41. The van der Waals surface area contributed by atoms with Crippen molar-refractivity contribution in [3.8, 4) is 5.75 Å². The Hall–Kier alpha value is -1.67. The highest BCUT2D eigenvalue weighted by Gasteiger charge is 2.22. The number of thiazole rings is 1. The minimum Gasteiger partial charge on any atom is -0.494 e. The number of carbonyl (C=O) groups excluding carboxylic acids is 1. The number of methoxy groups -OCH3 is 1. The van der Waals surface area contributed by atoms with Crippen LogP contribution in [-0.2, 0) is 0 Å². The van der Waals surface area contributed by atoms with Crippen LogP contribution in [0.15, 0.2) is 46.9 Å². The minimum atomic E-state index is -0.0637. The molecule has 1 heterocycles. The summed E-state index contributed by atoms with van der Waals surface area (Å²) in [6, 6.07) is 13.2. The smallest absolute Gasteiger partial charge is 0.260 e. The van der Waals surface area contributed by atoms with Crippen LogP contribution in [0.1, 0.15) is 10.4 Å². The molecule has 0 saturated heterocycles. The number of carbonyl (C=O) groups is 1. The van der Waals surface area contributed by atoms with E-state index in [1.807, 2.05) is 56.6 Å². The van der Waals surface area contributed by atoms with Crippen molar-refractivity contribution < 1.29 is 9.53 Å². The van der Waals surface area contributed by atoms with Gasteiger partial charge in [0, 0.05) is 23.1 Å². The monoisotopic (exact) mass is 469 g/mol. The number of hydrogen-bond donors (Lipinski definition) is 0. The highest BCUT2D eigenvalue weighted by Crippen LogP contribution is 2.34. The summed E-state index contributed by atoms with van der Waals surface area (Å²) in [6.07, 6.45) is 0. The molecule has 0 atom stereocenters. The number of rotatable bonds is 6. The van der Waals surface area contributed by atoms with Crippen molar-refractivity contribution in [3.63, 3.8) is 0 Å². The fourth-order valence-corrected chi connectivity index (χ4v) is 3.96. The quantitative estimate of drug-likeness (QED) is 0.524. The number of aromatic nitrogens is 1. The zero-order chi connectivity index (χ0) is 18.7. The first-order valence-electron chi connectivity index (χ1n) is 8.15. The number of likely N-dealkylation sites (N-methyl/N-ethyl adjacent to an activating group) is 1. The van der Waals surface area contributed by atoms with E-state index >= 15 is 0 Å². The molecular formula is C19H21BrClN3O2S. The zero-order valence-corrected chi connectivity index (χ0v) is 18.5. The predicted octanol–water partition coefficient (Wildman–Crippen LogP) is 4.70. The lowest BCUT2D eigenvalue weighted by Gasteiger charge is -2.22. The topological polar surface area (TPSA) is 45.7 Å². The second-order valence-corrected chi connectivity index (χ2v) is 8.00. The molecule has 8 heteroatoms. The average Bonchev–Trinajstić information content (AvgIpc) is 3.05. The molecule has 0 aliphatic carbocycles. The molecule has 2 aromatic carbocycles. The molecule has 0 unspecified atom stereocenters. The van der Waals surface area contributed by atoms with Crippen LogP contribution in [0.2, 0.25) is 0 Å². The van der Waals surface area contributed by atoms with E-state index in [0.29, 0.717) is 23.0 Å². The normalized spacial score (nSPS) is 10.7. The van der Waals surface area contributed by atoms with E-state index in [2.05, 4.69) is 20.8 Å². The number of nitrogens with zero attached hydrogens (tertiary/aromatic N) is 3. The van der Waals surface area contributed by atoms with Gasteiger partial charge in [-0.25, -0.2) is 4.98 Å². The molecule has 0 bridgehead atoms. The van der Waals surface area contributed by atoms with Crippen LogP contribution in [0.3, 0.4) is 0 Å². The first-order chi connectivity index (χ1) is 12.5. The summed E-state index contributed by atoms with van der Waals surface area (Å²) in [4.78, 5) is 21.7. The maximum atomic E-state index is 13.2. The molecule has 5 nitrogen and oxygen atoms in total. The van der Waals surface area contributed by atoms with Crippen LogP contribution >= 0.6 is 39.7 Å². The molecule has 3 rings (SSSR count). The highest BCUT2D eigenvalue weighted by molar-refractivity contribution is 9.10. The molecule has 0 aliphatic rings. The molecule has 0 saturated carbocycles. The second-order valence-electron chi connectivity index (χ2n) is 6.07. The summed E-state index contributed by atoms with van der Waals surface area (Å²) in [5.74, 6) is 0.652. The molecule has 0 fully saturated rings. The summed E-state index contributed by atoms with van der Waals surface area (Å²) in [6.45, 7) is 1.30. The van der Waals surface area contributed by atoms with Crippen LogP contribution in [0.4, 0.5) is 5.13 Å². The second kappa shape index (κ2) is 9.50. The number of hydrogen-bond acceptors (Lipinski definition) is 5. The van der Waals surface area contributed by atoms with Gasteiger partial charge in [-0.05, 0) is 44.4 Å². The summed E-state index contributed by atoms with van der Waals surface area (Å²) in [5, 5.41) is 0.677. The van der Waals surface area contributed by atoms with Gasteiger partial charge in [0.1, 0.15) is 11.3 Å². The molecule has 0 spiro atoms. The van der Waals surface area contributed by atoms with Crippen molar-refractivity contribution >= 4 is 60.9 Å². The van der Waals surface area contributed by atoms with Gasteiger partial charge in [-0.3, -0.25) is 9.69 Å². The lowest BCUT2D eigenvalue weighted by Crippen LogP contribution is -2.36. The minimum absolute atomic E-state index is 0. The summed E-state index contributed by atoms with van der Waals surface area (Å²) in [7, 11) is 5.61. The van der Waals surface area contributed by atoms with Crippen LogP contribution in [0, 0.1) is 0 Å². The van der Waals surface area contributed by atoms with Crippen LogP contribution in [0.25, 0.3) is 10.2 Å². The number of anilines is 1. The van der Waals surface area contributed by atoms with Crippen molar-refractivity contribution in [2.24, 2.45) is 0 Å². The first-order valence-corrected chi connectivity index (χ1v) is 9.76. The third-order valence-electron chi connectivity index (χ3n) is 3.91. The van der Waals surface area contributed by atoms with Gasteiger partial charge in [0.25, 0.3) is 5.91 Å². The van der Waals surface area contributed by atoms with Crippen LogP contribution in [-0.4, -0.2) is 50.1 Å². The average molecular weight is 471 g/mol. The fraction of sp³-hybridized carbons (Fsp3) is 0.263. The Morgan fingerprint density at radius 1 is 1.19 bits per heavy atom. The van der Waals surface area contributed by atoms with Gasteiger partial charge in [-0.2, -0.15) is 0 Å². The molecule has 0 N–H and O–H groups in total. The lowest BCUT2D eigenvalue weighted by molar-refractivity contribution is 0.0985. The maximum Gasteiger partial charge on any atom is 0.260 e. The first kappa shape index (κ1) is 21.6. The predicted molar refractivity (Wildman–Crippen MR) is 118 cm³/mol. The molecule has 0 aliphatic heterocycles. The third-order valence-corrected chi connectivity index (χ3v) is 5.45. The standard InChI is InChI=1S/C19H20BrN3O2S.ClH/c1-22(2)10-11-23(18(24)13-6-4-7-14(20)12-13)19-21-17-15(25-3)8-5-9-16(17)26-19;/h4-9,12H,10-11H2,1-3H3;1H. The van der Waals surface area contributed by atoms with E-state index in [-0.39, 0.29) is 18.3 Å². The number of benzene rings is 2. The van der Waals surface area contributed by atoms with E-state index < -0.39 is 0 Å². The molecule has 3 aromatic rings. The largest absolute Gasteiger partial charge is 0.494 e. The van der Waals surface area contributed by atoms with Gasteiger partial charge in [0.15, 0.2) is 5.13 Å². The van der Waals surface area contributed by atoms with Gasteiger partial charge in [-0.1, -0.05) is 39.4 Å². The van der Waals surface area contributed by atoms with E-state index in [1.54, 1.807) is 12.0 Å². The van der Waals surface area contributed by atoms with Gasteiger partial charge in [0.2, 0.25) is 0 Å². The Morgan fingerprint density at radius 2 is 1.93 bits per heavy atom. The summed E-state index contributed by atoms with van der Waals surface area (Å²) >= 11 is 4.93. The van der Waals surface area contributed by atoms with Crippen LogP contribution < -0.4 is 9.64 Å². The van der Waals surface area contributed by atoms with E-state index in [9.17, 15) is 4.79 Å². The molecule has 0 radical (unpaired) electrons. The van der Waals surface area contributed by atoms with E-state index in [1.165, 1.54) is 11.3 Å². The van der Waals surface area contributed by atoms with Crippen molar-refractivity contribution in [3.05, 3.63) is 52.5 Å². The molecule has 27 heavy (non-hydrogen) atoms. The van der Waals surface area contributed by atoms with Crippen molar-refractivity contribution in [2.75, 3.05) is 39.2 Å². The van der Waals surface area contributed by atoms with Crippen LogP contribution in [0.5, 0.6) is 5.75 Å². The highest BCUT2D eigenvalue weighted by atomic mass is 79.9. The third kappa shape index (κ3) is 4.99. The number of fused-ring (bicyclic) bond motifs is 1. The van der Waals surface area contributed by atoms with Gasteiger partial charge < -0.3 is 9.64 Å². The molecule has 144 valence electrons. The number of para-hydroxylation sites is 1. The molecular weight excluding hydrogens is 450 g/mol. The Kier molecular flexibility index (Phi) is 7.61. The fourth-order valence-electron chi connectivity index (χ4n) is 2.55. The van der Waals surface area contributed by atoms with Gasteiger partial charge in [0.05, 0.1) is 11.8 Å². The molecule has 1 aromatic heterocycles. The Morgan fingerprint density at radius 3 is 2.59 bits per heavy atom. The van der Waals surface area contributed by atoms with E-state index in [0.717, 1.165) is 21.2 Å². The van der Waals surface area contributed by atoms with Gasteiger partial charge in [-0.15, -0.1) is 12.4 Å². The Labute approximate surface area is 177 Å². The maximum absolute atomic E-state index is 13.2. The Balaban J connectivity index is 0.00000261. The summed E-state index contributed by atoms with van der Waals surface area (Å²) < 4.78 is 7.28. The zero-order valence-electron chi connectivity index (χ0n) is 15.3.